The van der Waals surface area contributed by atoms with Crippen LogP contribution in [0.25, 0.3) is 10.9 Å². The van der Waals surface area contributed by atoms with E-state index < -0.39 is 0 Å². The summed E-state index contributed by atoms with van der Waals surface area (Å²) >= 11 is 0. The molecule has 0 aliphatic carbocycles. The smallest absolute Gasteiger partial charge is 0.255 e. The van der Waals surface area contributed by atoms with Crippen molar-refractivity contribution in [3.63, 3.8) is 0 Å². The minimum Gasteiger partial charge on any atom is -0.332 e. The van der Waals surface area contributed by atoms with E-state index in [0.717, 1.165) is 39.8 Å². The second-order valence-corrected chi connectivity index (χ2v) is 7.00. The fraction of sp³-hybridized carbons (Fsp3) is 0.261. The van der Waals surface area contributed by atoms with Crippen molar-refractivity contribution < 1.29 is 9.59 Å². The van der Waals surface area contributed by atoms with E-state index in [1.54, 1.807) is 7.05 Å². The number of carbonyl (C=O) groups excluding carboxylic acids is 2. The van der Waals surface area contributed by atoms with E-state index in [9.17, 15) is 9.59 Å². The molecule has 3 rings (SSSR count). The predicted molar refractivity (Wildman–Crippen MR) is 113 cm³/mol. The highest BCUT2D eigenvalue weighted by molar-refractivity contribution is 6.08. The Morgan fingerprint density at radius 2 is 1.71 bits per heavy atom. The van der Waals surface area contributed by atoms with Crippen molar-refractivity contribution in [2.45, 2.75) is 27.2 Å². The Morgan fingerprint density at radius 1 is 1.04 bits per heavy atom. The van der Waals surface area contributed by atoms with Gasteiger partial charge in [0.25, 0.3) is 5.91 Å². The molecule has 3 aromatic rings. The van der Waals surface area contributed by atoms with E-state index in [0.29, 0.717) is 5.56 Å². The number of nitrogens with one attached hydrogen (secondary N) is 1. The van der Waals surface area contributed by atoms with E-state index in [2.05, 4.69) is 10.3 Å². The van der Waals surface area contributed by atoms with Crippen LogP contribution in [-0.2, 0) is 11.2 Å². The average molecular weight is 375 g/mol. The molecule has 0 spiro atoms. The Kier molecular flexibility index (Phi) is 5.73. The van der Waals surface area contributed by atoms with E-state index in [1.165, 1.54) is 4.90 Å². The van der Waals surface area contributed by atoms with Crippen molar-refractivity contribution >= 4 is 28.4 Å². The molecule has 2 amide bonds. The van der Waals surface area contributed by atoms with Crippen LogP contribution in [0.15, 0.2) is 48.5 Å². The molecule has 0 bridgehead atoms. The van der Waals surface area contributed by atoms with Crippen LogP contribution in [-0.4, -0.2) is 35.3 Å². The van der Waals surface area contributed by atoms with Crippen LogP contribution in [0, 0.1) is 13.8 Å². The van der Waals surface area contributed by atoms with Crippen molar-refractivity contribution in [1.29, 1.82) is 0 Å². The minimum atomic E-state index is -0.230. The Morgan fingerprint density at radius 3 is 2.39 bits per heavy atom. The van der Waals surface area contributed by atoms with Gasteiger partial charge in [-0.3, -0.25) is 14.6 Å². The first kappa shape index (κ1) is 19.5. The van der Waals surface area contributed by atoms with Crippen molar-refractivity contribution in [3.8, 4) is 0 Å². The molecule has 0 saturated carbocycles. The third kappa shape index (κ3) is 4.03. The molecule has 1 aromatic heterocycles. The van der Waals surface area contributed by atoms with Crippen LogP contribution in [0.5, 0.6) is 0 Å². The summed E-state index contributed by atoms with van der Waals surface area (Å²) in [6, 6.07) is 15.2. The van der Waals surface area contributed by atoms with Gasteiger partial charge < -0.3 is 10.2 Å². The van der Waals surface area contributed by atoms with Crippen LogP contribution < -0.4 is 5.32 Å². The summed E-state index contributed by atoms with van der Waals surface area (Å²) in [6.07, 6.45) is 0.745. The van der Waals surface area contributed by atoms with Crippen LogP contribution in [0.3, 0.4) is 0 Å². The van der Waals surface area contributed by atoms with Gasteiger partial charge >= 0.3 is 0 Å². The summed E-state index contributed by atoms with van der Waals surface area (Å²) in [7, 11) is 1.65. The summed E-state index contributed by atoms with van der Waals surface area (Å²) in [5, 5.41) is 3.65. The third-order valence-corrected chi connectivity index (χ3v) is 4.85. The van der Waals surface area contributed by atoms with Crippen LogP contribution in [0.4, 0.5) is 5.69 Å². The average Bonchev–Trinajstić information content (AvgIpc) is 2.68. The molecular weight excluding hydrogens is 350 g/mol. The van der Waals surface area contributed by atoms with Crippen molar-refractivity contribution in [2.75, 3.05) is 18.9 Å². The molecule has 0 radical (unpaired) electrons. The summed E-state index contributed by atoms with van der Waals surface area (Å²) in [5.74, 6) is -0.406. The first-order chi connectivity index (χ1) is 13.4. The second kappa shape index (κ2) is 8.21. The lowest BCUT2D eigenvalue weighted by Gasteiger charge is -2.20. The van der Waals surface area contributed by atoms with Gasteiger partial charge in [-0.1, -0.05) is 42.8 Å². The topological polar surface area (TPSA) is 62.3 Å². The molecule has 0 aliphatic heterocycles. The van der Waals surface area contributed by atoms with Gasteiger partial charge in [0.1, 0.15) is 0 Å². The Labute approximate surface area is 165 Å². The maximum atomic E-state index is 13.2. The number of anilines is 1. The quantitative estimate of drug-likeness (QED) is 0.729. The maximum absolute atomic E-state index is 13.2. The number of pyridine rings is 1. The summed E-state index contributed by atoms with van der Waals surface area (Å²) < 4.78 is 0. The maximum Gasteiger partial charge on any atom is 0.255 e. The first-order valence-corrected chi connectivity index (χ1v) is 9.41. The number of rotatable bonds is 5. The van der Waals surface area contributed by atoms with Crippen LogP contribution >= 0.6 is 0 Å². The lowest BCUT2D eigenvalue weighted by Crippen LogP contribution is -2.35. The Bertz CT molecular complexity index is 1030. The largest absolute Gasteiger partial charge is 0.332 e. The molecule has 0 unspecified atom stereocenters. The summed E-state index contributed by atoms with van der Waals surface area (Å²) in [6.45, 7) is 5.91. The SMILES string of the molecule is CCc1nc2ccccc2c(C(=O)N(C)CC(=O)Nc2ccc(C)cc2)c1C. The van der Waals surface area contributed by atoms with E-state index in [1.807, 2.05) is 69.3 Å². The molecule has 144 valence electrons. The van der Waals surface area contributed by atoms with Gasteiger partial charge in [-0.15, -0.1) is 0 Å². The second-order valence-electron chi connectivity index (χ2n) is 7.00. The number of amides is 2. The highest BCUT2D eigenvalue weighted by Gasteiger charge is 2.21. The third-order valence-electron chi connectivity index (χ3n) is 4.85. The molecule has 2 aromatic carbocycles. The number of carbonyl (C=O) groups is 2. The number of nitrogens with zero attached hydrogens (tertiary/aromatic N) is 2. The molecule has 5 nitrogen and oxygen atoms in total. The zero-order valence-electron chi connectivity index (χ0n) is 16.7. The van der Waals surface area contributed by atoms with E-state index in [4.69, 9.17) is 0 Å². The van der Waals surface area contributed by atoms with Gasteiger partial charge in [-0.2, -0.15) is 0 Å². The molecule has 0 saturated heterocycles. The van der Waals surface area contributed by atoms with Gasteiger partial charge in [0.2, 0.25) is 5.91 Å². The monoisotopic (exact) mass is 375 g/mol. The highest BCUT2D eigenvalue weighted by Crippen LogP contribution is 2.24. The van der Waals surface area contributed by atoms with Crippen molar-refractivity contribution in [2.24, 2.45) is 0 Å². The number of fused-ring (bicyclic) bond motifs is 1. The van der Waals surface area contributed by atoms with Gasteiger partial charge in [0, 0.05) is 23.8 Å². The van der Waals surface area contributed by atoms with Crippen LogP contribution in [0.2, 0.25) is 0 Å². The number of hydrogen-bond acceptors (Lipinski definition) is 3. The van der Waals surface area contributed by atoms with Gasteiger partial charge in [0.05, 0.1) is 17.6 Å². The van der Waals surface area contributed by atoms with Crippen molar-refractivity contribution in [1.82, 2.24) is 9.88 Å². The number of benzene rings is 2. The number of para-hydroxylation sites is 1. The first-order valence-electron chi connectivity index (χ1n) is 9.41. The molecule has 0 aliphatic rings. The van der Waals surface area contributed by atoms with Gasteiger partial charge in [-0.25, -0.2) is 0 Å². The lowest BCUT2D eigenvalue weighted by molar-refractivity contribution is -0.116. The molecular formula is C23H25N3O2. The molecule has 1 heterocycles. The molecule has 5 heteroatoms. The minimum absolute atomic E-state index is 0.0236. The lowest BCUT2D eigenvalue weighted by atomic mass is 9.99. The molecule has 0 fully saturated rings. The number of hydrogen-bond donors (Lipinski definition) is 1. The summed E-state index contributed by atoms with van der Waals surface area (Å²) in [5.41, 5.74) is 5.03. The zero-order valence-corrected chi connectivity index (χ0v) is 16.7. The van der Waals surface area contributed by atoms with Gasteiger partial charge in [-0.05, 0) is 44.0 Å². The van der Waals surface area contributed by atoms with Crippen molar-refractivity contribution in [3.05, 3.63) is 70.9 Å². The fourth-order valence-electron chi connectivity index (χ4n) is 3.29. The number of aromatic nitrogens is 1. The normalized spacial score (nSPS) is 10.7. The van der Waals surface area contributed by atoms with Crippen LogP contribution in [0.1, 0.15) is 34.1 Å². The molecule has 0 atom stereocenters. The molecule has 1 N–H and O–H groups in total. The number of likely N-dealkylation sites (N-methyl/N-ethyl adjacent to an activating group) is 1. The standard InChI is InChI=1S/C23H25N3O2/c1-5-19-16(3)22(18-8-6-7-9-20(18)25-19)23(28)26(4)14-21(27)24-17-12-10-15(2)11-13-17/h6-13H,5,14H2,1-4H3,(H,24,27). The summed E-state index contributed by atoms with van der Waals surface area (Å²) in [4.78, 5) is 31.7. The van der Waals surface area contributed by atoms with E-state index in [-0.39, 0.29) is 18.4 Å². The van der Waals surface area contributed by atoms with Gasteiger partial charge in [0.15, 0.2) is 0 Å². The highest BCUT2D eigenvalue weighted by atomic mass is 16.2. The fourth-order valence-corrected chi connectivity index (χ4v) is 3.29. The predicted octanol–water partition coefficient (Wildman–Crippen LogP) is 4.12. The van der Waals surface area contributed by atoms with E-state index >= 15 is 0 Å². The Balaban J connectivity index is 1.84. The zero-order chi connectivity index (χ0) is 20.3. The number of aryl methyl sites for hydroxylation is 2. The Hall–Kier alpha value is -3.21. The molecule has 28 heavy (non-hydrogen) atoms.